The monoisotopic (exact) mass is 350 g/mol. The Morgan fingerprint density at radius 2 is 2.04 bits per heavy atom. The van der Waals surface area contributed by atoms with Crippen molar-refractivity contribution in [1.82, 2.24) is 10.2 Å². The number of nitrogens with one attached hydrogen (secondary N) is 1. The van der Waals surface area contributed by atoms with Gasteiger partial charge in [0.15, 0.2) is 0 Å². The molecule has 2 heterocycles. The first-order valence-corrected chi connectivity index (χ1v) is 9.73. The predicted octanol–water partition coefficient (Wildman–Crippen LogP) is 2.64. The zero-order valence-corrected chi connectivity index (χ0v) is 15.0. The van der Waals surface area contributed by atoms with Crippen LogP contribution in [0.1, 0.15) is 48.8 Å². The van der Waals surface area contributed by atoms with Crippen LogP contribution in [0, 0.1) is 5.92 Å². The first-order valence-electron chi connectivity index (χ1n) is 8.91. The molecular formula is C18H26N2O3S. The van der Waals surface area contributed by atoms with Crippen LogP contribution in [0.25, 0.3) is 0 Å². The van der Waals surface area contributed by atoms with Crippen LogP contribution in [-0.2, 0) is 22.6 Å². The smallest absolute Gasteiger partial charge is 0.320 e. The molecule has 3 unspecified atom stereocenters. The van der Waals surface area contributed by atoms with Crippen LogP contribution in [0.3, 0.4) is 0 Å². The number of hydrogen-bond donors (Lipinski definition) is 2. The van der Waals surface area contributed by atoms with Gasteiger partial charge in [0.25, 0.3) is 0 Å². The maximum atomic E-state index is 12.4. The summed E-state index contributed by atoms with van der Waals surface area (Å²) in [4.78, 5) is 28.3. The fourth-order valence-electron chi connectivity index (χ4n) is 4.14. The molecule has 1 aromatic rings. The molecule has 0 radical (unpaired) electrons. The normalized spacial score (nSPS) is 27.0. The third-order valence-electron chi connectivity index (χ3n) is 5.36. The average Bonchev–Trinajstić information content (AvgIpc) is 3.18. The number of fused-ring (bicyclic) bond motifs is 1. The van der Waals surface area contributed by atoms with Crippen molar-refractivity contribution in [3.63, 3.8) is 0 Å². The van der Waals surface area contributed by atoms with E-state index in [1.54, 1.807) is 11.3 Å². The van der Waals surface area contributed by atoms with Crippen molar-refractivity contribution in [2.75, 3.05) is 6.54 Å². The molecule has 2 aliphatic rings. The Hall–Kier alpha value is -1.40. The number of carbonyl (C=O) groups is 2. The fourth-order valence-corrected chi connectivity index (χ4v) is 5.04. The summed E-state index contributed by atoms with van der Waals surface area (Å²) < 4.78 is 0. The molecule has 0 aromatic carbocycles. The molecule has 1 amide bonds. The number of nitrogens with zero attached hydrogens (tertiary/aromatic N) is 1. The summed E-state index contributed by atoms with van der Waals surface area (Å²) in [7, 11) is 0. The van der Waals surface area contributed by atoms with Gasteiger partial charge in [-0.3, -0.25) is 14.5 Å². The topological polar surface area (TPSA) is 69.6 Å². The number of likely N-dealkylation sites (tertiary alicyclic amines) is 1. The Morgan fingerprint density at radius 3 is 2.75 bits per heavy atom. The first kappa shape index (κ1) is 17.4. The summed E-state index contributed by atoms with van der Waals surface area (Å²) in [6, 6.07) is 3.91. The molecule has 3 atom stereocenters. The quantitative estimate of drug-likeness (QED) is 0.827. The molecule has 1 saturated carbocycles. The Morgan fingerprint density at radius 1 is 1.29 bits per heavy atom. The summed E-state index contributed by atoms with van der Waals surface area (Å²) in [5.41, 5.74) is 0. The minimum Gasteiger partial charge on any atom is -0.480 e. The number of carboxylic acid groups (broad SMARTS) is 1. The average molecular weight is 350 g/mol. The summed E-state index contributed by atoms with van der Waals surface area (Å²) in [6.07, 6.45) is 6.15. The van der Waals surface area contributed by atoms with Crippen molar-refractivity contribution in [2.45, 2.75) is 64.1 Å². The number of aliphatic carboxylic acids is 1. The highest BCUT2D eigenvalue weighted by Gasteiger charge is 2.45. The summed E-state index contributed by atoms with van der Waals surface area (Å²) in [5.74, 6) is -0.418. The molecule has 1 aliphatic heterocycles. The van der Waals surface area contributed by atoms with Crippen molar-refractivity contribution in [3.8, 4) is 0 Å². The van der Waals surface area contributed by atoms with Crippen molar-refractivity contribution >= 4 is 23.2 Å². The van der Waals surface area contributed by atoms with E-state index in [-0.39, 0.29) is 18.5 Å². The lowest BCUT2D eigenvalue weighted by molar-refractivity contribution is -0.143. The van der Waals surface area contributed by atoms with Crippen LogP contribution >= 0.6 is 11.3 Å². The summed E-state index contributed by atoms with van der Waals surface area (Å²) in [5, 5.41) is 12.5. The number of carbonyl (C=O) groups excluding carboxylic acids is 1. The highest BCUT2D eigenvalue weighted by Crippen LogP contribution is 2.39. The largest absolute Gasteiger partial charge is 0.480 e. The predicted molar refractivity (Wildman–Crippen MR) is 94.0 cm³/mol. The van der Waals surface area contributed by atoms with Gasteiger partial charge in [0.05, 0.1) is 13.1 Å². The van der Waals surface area contributed by atoms with Crippen LogP contribution in [0.5, 0.6) is 0 Å². The van der Waals surface area contributed by atoms with Crippen molar-refractivity contribution in [3.05, 3.63) is 21.9 Å². The molecule has 2 fully saturated rings. The van der Waals surface area contributed by atoms with Crippen molar-refractivity contribution < 1.29 is 14.7 Å². The fraction of sp³-hybridized carbons (Fsp3) is 0.667. The molecular weight excluding hydrogens is 324 g/mol. The van der Waals surface area contributed by atoms with Crippen LogP contribution in [0.2, 0.25) is 0 Å². The van der Waals surface area contributed by atoms with E-state index >= 15 is 0 Å². The molecule has 6 heteroatoms. The molecule has 0 spiro atoms. The molecule has 1 aliphatic carbocycles. The second-order valence-electron chi connectivity index (χ2n) is 6.87. The van der Waals surface area contributed by atoms with Gasteiger partial charge in [0, 0.05) is 15.8 Å². The maximum Gasteiger partial charge on any atom is 0.320 e. The van der Waals surface area contributed by atoms with E-state index in [1.807, 2.05) is 4.90 Å². The van der Waals surface area contributed by atoms with Gasteiger partial charge in [-0.25, -0.2) is 0 Å². The van der Waals surface area contributed by atoms with Gasteiger partial charge in [0.1, 0.15) is 6.04 Å². The highest BCUT2D eigenvalue weighted by molar-refractivity contribution is 7.11. The van der Waals surface area contributed by atoms with E-state index in [9.17, 15) is 14.7 Å². The van der Waals surface area contributed by atoms with E-state index in [0.29, 0.717) is 18.9 Å². The number of thiophene rings is 1. The highest BCUT2D eigenvalue weighted by atomic mass is 32.1. The number of carboxylic acids is 1. The number of rotatable bonds is 6. The lowest BCUT2D eigenvalue weighted by Crippen LogP contribution is -2.47. The molecule has 2 N–H and O–H groups in total. The lowest BCUT2D eigenvalue weighted by Gasteiger charge is -2.32. The molecule has 24 heavy (non-hydrogen) atoms. The molecule has 1 saturated heterocycles. The van der Waals surface area contributed by atoms with Crippen LogP contribution in [0.4, 0.5) is 0 Å². The van der Waals surface area contributed by atoms with Crippen LogP contribution in [0.15, 0.2) is 12.1 Å². The molecule has 5 nitrogen and oxygen atoms in total. The number of amides is 1. The van der Waals surface area contributed by atoms with Gasteiger partial charge in [-0.1, -0.05) is 19.8 Å². The standard InChI is InChI=1S/C18H26N2O3S/c1-2-13-7-8-14(24-13)10-19-17(21)11-20-15-6-4-3-5-12(15)9-16(20)18(22)23/h7-8,12,15-16H,2-6,9-11H2,1H3,(H,19,21)(H,22,23). The van der Waals surface area contributed by atoms with Crippen molar-refractivity contribution in [1.29, 1.82) is 0 Å². The minimum absolute atomic E-state index is 0.0704. The molecule has 0 bridgehead atoms. The zero-order chi connectivity index (χ0) is 17.1. The van der Waals surface area contributed by atoms with Crippen LogP contribution in [-0.4, -0.2) is 40.5 Å². The Labute approximate surface area is 147 Å². The van der Waals surface area contributed by atoms with Crippen molar-refractivity contribution in [2.24, 2.45) is 5.92 Å². The SMILES string of the molecule is CCc1ccc(CNC(=O)CN2C(C(=O)O)CC3CCCCC32)s1. The van der Waals surface area contributed by atoms with Gasteiger partial charge in [-0.05, 0) is 43.7 Å². The van der Waals surface area contributed by atoms with Gasteiger partial charge in [-0.15, -0.1) is 11.3 Å². The summed E-state index contributed by atoms with van der Waals surface area (Å²) in [6.45, 7) is 2.85. The summed E-state index contributed by atoms with van der Waals surface area (Å²) >= 11 is 1.72. The van der Waals surface area contributed by atoms with Crippen LogP contribution < -0.4 is 5.32 Å². The van der Waals surface area contributed by atoms with Gasteiger partial charge in [0.2, 0.25) is 5.91 Å². The Bertz CT molecular complexity index is 601. The second-order valence-corrected chi connectivity index (χ2v) is 8.13. The minimum atomic E-state index is -0.789. The van der Waals surface area contributed by atoms with E-state index in [0.717, 1.165) is 30.6 Å². The second kappa shape index (κ2) is 7.66. The Balaban J connectivity index is 1.57. The Kier molecular flexibility index (Phi) is 5.56. The maximum absolute atomic E-state index is 12.4. The van der Waals surface area contributed by atoms with Gasteiger partial charge in [-0.2, -0.15) is 0 Å². The van der Waals surface area contributed by atoms with E-state index in [4.69, 9.17) is 0 Å². The number of hydrogen-bond acceptors (Lipinski definition) is 4. The molecule has 3 rings (SSSR count). The van der Waals surface area contributed by atoms with E-state index in [2.05, 4.69) is 24.4 Å². The molecule has 132 valence electrons. The lowest BCUT2D eigenvalue weighted by atomic mass is 9.85. The molecule has 1 aromatic heterocycles. The first-order chi connectivity index (χ1) is 11.6. The van der Waals surface area contributed by atoms with Gasteiger partial charge >= 0.3 is 5.97 Å². The van der Waals surface area contributed by atoms with E-state index in [1.165, 1.54) is 11.3 Å². The third kappa shape index (κ3) is 3.81. The zero-order valence-electron chi connectivity index (χ0n) is 14.2. The van der Waals surface area contributed by atoms with Gasteiger partial charge < -0.3 is 10.4 Å². The third-order valence-corrected chi connectivity index (χ3v) is 6.59. The van der Waals surface area contributed by atoms with E-state index < -0.39 is 12.0 Å². The number of aryl methyl sites for hydroxylation is 1.